The summed E-state index contributed by atoms with van der Waals surface area (Å²) >= 11 is 0. The predicted octanol–water partition coefficient (Wildman–Crippen LogP) is 1.24. The maximum atomic E-state index is 9.82. The zero-order chi connectivity index (χ0) is 12.1. The van der Waals surface area contributed by atoms with Gasteiger partial charge in [0, 0.05) is 13.1 Å². The van der Waals surface area contributed by atoms with Crippen LogP contribution in [0.1, 0.15) is 24.7 Å². The van der Waals surface area contributed by atoms with Gasteiger partial charge in [-0.2, -0.15) is 0 Å². The van der Waals surface area contributed by atoms with E-state index in [9.17, 15) is 5.11 Å². The van der Waals surface area contributed by atoms with E-state index >= 15 is 0 Å². The molecule has 1 aromatic rings. The minimum Gasteiger partial charge on any atom is -0.467 e. The van der Waals surface area contributed by atoms with E-state index in [2.05, 4.69) is 17.3 Å². The molecule has 0 spiro atoms. The topological polar surface area (TPSA) is 48.6 Å². The fraction of sp³-hybridized carbons (Fsp3) is 0.692. The Morgan fingerprint density at radius 1 is 1.65 bits per heavy atom. The fourth-order valence-electron chi connectivity index (χ4n) is 2.45. The van der Waals surface area contributed by atoms with E-state index in [1.165, 1.54) is 19.4 Å². The SMILES string of the molecule is CN1CCCC(CNCC(O)c2ccco2)C1. The van der Waals surface area contributed by atoms with Gasteiger partial charge in [0.1, 0.15) is 11.9 Å². The van der Waals surface area contributed by atoms with Crippen molar-refractivity contribution in [3.05, 3.63) is 24.2 Å². The lowest BCUT2D eigenvalue weighted by molar-refractivity contribution is 0.141. The summed E-state index contributed by atoms with van der Waals surface area (Å²) in [6, 6.07) is 3.61. The molecule has 2 N–H and O–H groups in total. The molecule has 96 valence electrons. The first-order valence-corrected chi connectivity index (χ1v) is 6.36. The van der Waals surface area contributed by atoms with Gasteiger partial charge in [-0.15, -0.1) is 0 Å². The van der Waals surface area contributed by atoms with Gasteiger partial charge in [0.25, 0.3) is 0 Å². The summed E-state index contributed by atoms with van der Waals surface area (Å²) in [6.45, 7) is 3.91. The number of hydrogen-bond acceptors (Lipinski definition) is 4. The smallest absolute Gasteiger partial charge is 0.133 e. The highest BCUT2D eigenvalue weighted by molar-refractivity contribution is 5.02. The average molecular weight is 238 g/mol. The van der Waals surface area contributed by atoms with Crippen molar-refractivity contribution < 1.29 is 9.52 Å². The van der Waals surface area contributed by atoms with Crippen molar-refractivity contribution >= 4 is 0 Å². The van der Waals surface area contributed by atoms with Crippen LogP contribution in [0.25, 0.3) is 0 Å². The molecular weight excluding hydrogens is 216 g/mol. The van der Waals surface area contributed by atoms with E-state index < -0.39 is 6.10 Å². The molecule has 0 aromatic carbocycles. The summed E-state index contributed by atoms with van der Waals surface area (Å²) in [7, 11) is 2.17. The third kappa shape index (κ3) is 3.84. The highest BCUT2D eigenvalue weighted by Crippen LogP contribution is 2.15. The van der Waals surface area contributed by atoms with Crippen LogP contribution in [0.3, 0.4) is 0 Å². The summed E-state index contributed by atoms with van der Waals surface area (Å²) in [5.74, 6) is 1.34. The van der Waals surface area contributed by atoms with E-state index in [0.717, 1.165) is 13.1 Å². The second-order valence-electron chi connectivity index (χ2n) is 4.96. The van der Waals surface area contributed by atoms with Crippen molar-refractivity contribution in [3.63, 3.8) is 0 Å². The van der Waals surface area contributed by atoms with Crippen molar-refractivity contribution in [3.8, 4) is 0 Å². The van der Waals surface area contributed by atoms with Crippen LogP contribution < -0.4 is 5.32 Å². The normalized spacial score (nSPS) is 23.8. The molecule has 0 saturated carbocycles. The summed E-state index contributed by atoms with van der Waals surface area (Å²) in [6.07, 6.45) is 3.62. The number of hydrogen-bond donors (Lipinski definition) is 2. The molecular formula is C13H22N2O2. The average Bonchev–Trinajstić information content (AvgIpc) is 2.82. The van der Waals surface area contributed by atoms with Gasteiger partial charge < -0.3 is 19.7 Å². The van der Waals surface area contributed by atoms with Crippen molar-refractivity contribution in [2.24, 2.45) is 5.92 Å². The fourth-order valence-corrected chi connectivity index (χ4v) is 2.45. The maximum absolute atomic E-state index is 9.82. The van der Waals surface area contributed by atoms with E-state index in [1.54, 1.807) is 18.4 Å². The largest absolute Gasteiger partial charge is 0.467 e. The first kappa shape index (κ1) is 12.6. The van der Waals surface area contributed by atoms with Crippen molar-refractivity contribution in [2.75, 3.05) is 33.2 Å². The molecule has 1 aliphatic heterocycles. The number of furan rings is 1. The molecule has 2 heterocycles. The number of likely N-dealkylation sites (tertiary alicyclic amines) is 1. The van der Waals surface area contributed by atoms with E-state index in [4.69, 9.17) is 4.42 Å². The second kappa shape index (κ2) is 6.19. The minimum atomic E-state index is -0.536. The van der Waals surface area contributed by atoms with Crippen molar-refractivity contribution in [2.45, 2.75) is 18.9 Å². The van der Waals surface area contributed by atoms with Gasteiger partial charge in [-0.1, -0.05) is 0 Å². The van der Waals surface area contributed by atoms with Gasteiger partial charge in [0.15, 0.2) is 0 Å². The Hall–Kier alpha value is -0.840. The Morgan fingerprint density at radius 2 is 2.53 bits per heavy atom. The summed E-state index contributed by atoms with van der Waals surface area (Å²) in [4.78, 5) is 2.37. The third-order valence-electron chi connectivity index (χ3n) is 3.36. The van der Waals surface area contributed by atoms with Crippen LogP contribution in [0.4, 0.5) is 0 Å². The van der Waals surface area contributed by atoms with Crippen LogP contribution in [-0.2, 0) is 0 Å². The first-order valence-electron chi connectivity index (χ1n) is 6.36. The molecule has 1 aliphatic rings. The standard InChI is InChI=1S/C13H22N2O2/c1-15-6-2-4-11(10-15)8-14-9-12(16)13-5-3-7-17-13/h3,5,7,11-12,14,16H,2,4,6,8-10H2,1H3. The Morgan fingerprint density at radius 3 is 3.24 bits per heavy atom. The number of aliphatic hydroxyl groups excluding tert-OH is 1. The lowest BCUT2D eigenvalue weighted by Gasteiger charge is -2.29. The number of nitrogens with one attached hydrogen (secondary N) is 1. The van der Waals surface area contributed by atoms with Crippen molar-refractivity contribution in [1.82, 2.24) is 10.2 Å². The molecule has 1 saturated heterocycles. The van der Waals surface area contributed by atoms with Crippen LogP contribution >= 0.6 is 0 Å². The molecule has 0 radical (unpaired) electrons. The Labute approximate surface area is 103 Å². The van der Waals surface area contributed by atoms with E-state index in [-0.39, 0.29) is 0 Å². The van der Waals surface area contributed by atoms with Gasteiger partial charge in [0.2, 0.25) is 0 Å². The molecule has 4 heteroatoms. The van der Waals surface area contributed by atoms with Crippen molar-refractivity contribution in [1.29, 1.82) is 0 Å². The van der Waals surface area contributed by atoms with Crippen LogP contribution in [0.15, 0.2) is 22.8 Å². The van der Waals surface area contributed by atoms with Gasteiger partial charge >= 0.3 is 0 Å². The summed E-state index contributed by atoms with van der Waals surface area (Å²) in [5.41, 5.74) is 0. The molecule has 0 bridgehead atoms. The van der Waals surface area contributed by atoms with Crippen LogP contribution in [0.5, 0.6) is 0 Å². The zero-order valence-corrected chi connectivity index (χ0v) is 10.4. The monoisotopic (exact) mass is 238 g/mol. The summed E-state index contributed by atoms with van der Waals surface area (Å²) in [5, 5.41) is 13.2. The molecule has 17 heavy (non-hydrogen) atoms. The second-order valence-corrected chi connectivity index (χ2v) is 4.96. The number of nitrogens with zero attached hydrogens (tertiary/aromatic N) is 1. The Kier molecular flexibility index (Phi) is 4.59. The molecule has 4 nitrogen and oxygen atoms in total. The minimum absolute atomic E-state index is 0.536. The van der Waals surface area contributed by atoms with Gasteiger partial charge in [0.05, 0.1) is 6.26 Å². The molecule has 2 rings (SSSR count). The van der Waals surface area contributed by atoms with Gasteiger partial charge in [-0.25, -0.2) is 0 Å². The molecule has 0 amide bonds. The molecule has 2 unspecified atom stereocenters. The zero-order valence-electron chi connectivity index (χ0n) is 10.4. The highest BCUT2D eigenvalue weighted by atomic mass is 16.4. The van der Waals surface area contributed by atoms with Crippen LogP contribution in [0.2, 0.25) is 0 Å². The van der Waals surface area contributed by atoms with E-state index in [0.29, 0.717) is 18.2 Å². The Balaban J connectivity index is 1.65. The van der Waals surface area contributed by atoms with Gasteiger partial charge in [-0.05, 0) is 51.0 Å². The van der Waals surface area contributed by atoms with Crippen LogP contribution in [-0.4, -0.2) is 43.2 Å². The first-order chi connectivity index (χ1) is 8.25. The maximum Gasteiger partial charge on any atom is 0.133 e. The number of piperidine rings is 1. The highest BCUT2D eigenvalue weighted by Gasteiger charge is 2.17. The lowest BCUT2D eigenvalue weighted by Crippen LogP contribution is -2.38. The Bertz CT molecular complexity index is 313. The third-order valence-corrected chi connectivity index (χ3v) is 3.36. The quantitative estimate of drug-likeness (QED) is 0.810. The number of aliphatic hydroxyl groups is 1. The molecule has 1 aromatic heterocycles. The van der Waals surface area contributed by atoms with E-state index in [1.807, 2.05) is 0 Å². The lowest BCUT2D eigenvalue weighted by atomic mass is 9.98. The van der Waals surface area contributed by atoms with Crippen LogP contribution in [0, 0.1) is 5.92 Å². The predicted molar refractivity (Wildman–Crippen MR) is 66.8 cm³/mol. The van der Waals surface area contributed by atoms with Gasteiger partial charge in [-0.3, -0.25) is 0 Å². The molecule has 0 aliphatic carbocycles. The summed E-state index contributed by atoms with van der Waals surface area (Å²) < 4.78 is 5.16. The number of rotatable bonds is 5. The molecule has 2 atom stereocenters. The molecule has 1 fully saturated rings.